The molecule has 4 nitrogen and oxygen atoms in total. The molecule has 0 radical (unpaired) electrons. The van der Waals surface area contributed by atoms with Crippen LogP contribution in [0.5, 0.6) is 0 Å². The zero-order valence-corrected chi connectivity index (χ0v) is 10.6. The van der Waals surface area contributed by atoms with E-state index in [-0.39, 0.29) is 18.1 Å². The lowest BCUT2D eigenvalue weighted by molar-refractivity contribution is 0.0570. The van der Waals surface area contributed by atoms with Crippen LogP contribution < -0.4 is 0 Å². The number of carbonyl (C=O) groups excluding carboxylic acids is 1. The molecule has 5 heteroatoms. The topological polar surface area (TPSA) is 42.4 Å². The SMILES string of the molecule is CC1OCCC1N(C)C(=O)c1cccc(Cl)n1. The lowest BCUT2D eigenvalue weighted by Crippen LogP contribution is -2.41. The highest BCUT2D eigenvalue weighted by Gasteiger charge is 2.31. The standard InChI is InChI=1S/C12H15ClN2O2/c1-8-10(6-7-17-8)15(2)12(16)9-4-3-5-11(13)14-9/h3-5,8,10H,6-7H2,1-2H3. The summed E-state index contributed by atoms with van der Waals surface area (Å²) in [6.07, 6.45) is 0.937. The normalized spacial score (nSPS) is 23.7. The minimum absolute atomic E-state index is 0.0723. The van der Waals surface area contributed by atoms with Crippen LogP contribution in [0.2, 0.25) is 5.15 Å². The van der Waals surface area contributed by atoms with Gasteiger partial charge < -0.3 is 9.64 Å². The number of rotatable bonds is 2. The fourth-order valence-electron chi connectivity index (χ4n) is 2.09. The van der Waals surface area contributed by atoms with Crippen molar-refractivity contribution in [3.63, 3.8) is 0 Å². The first-order chi connectivity index (χ1) is 8.09. The average molecular weight is 255 g/mol. The number of carbonyl (C=O) groups is 1. The second-order valence-electron chi connectivity index (χ2n) is 4.19. The van der Waals surface area contributed by atoms with Crippen LogP contribution in [0.3, 0.4) is 0 Å². The van der Waals surface area contributed by atoms with Gasteiger partial charge in [0.25, 0.3) is 5.91 Å². The molecule has 0 bridgehead atoms. The first-order valence-corrected chi connectivity index (χ1v) is 5.98. The summed E-state index contributed by atoms with van der Waals surface area (Å²) in [7, 11) is 1.78. The Kier molecular flexibility index (Phi) is 3.64. The van der Waals surface area contributed by atoms with Crippen molar-refractivity contribution in [3.05, 3.63) is 29.0 Å². The second-order valence-corrected chi connectivity index (χ2v) is 4.58. The quantitative estimate of drug-likeness (QED) is 0.758. The Hall–Kier alpha value is -1.13. The molecule has 1 saturated heterocycles. The number of halogens is 1. The van der Waals surface area contributed by atoms with Gasteiger partial charge in [-0.3, -0.25) is 4.79 Å². The Morgan fingerprint density at radius 1 is 1.59 bits per heavy atom. The average Bonchev–Trinajstić information content (AvgIpc) is 2.73. The summed E-state index contributed by atoms with van der Waals surface area (Å²) in [6.45, 7) is 2.68. The highest BCUT2D eigenvalue weighted by molar-refractivity contribution is 6.29. The smallest absolute Gasteiger partial charge is 0.272 e. The van der Waals surface area contributed by atoms with Crippen LogP contribution in [0, 0.1) is 0 Å². The minimum Gasteiger partial charge on any atom is -0.376 e. The van der Waals surface area contributed by atoms with E-state index in [9.17, 15) is 4.79 Å². The highest BCUT2D eigenvalue weighted by Crippen LogP contribution is 2.20. The molecule has 1 aliphatic rings. The van der Waals surface area contributed by atoms with Crippen molar-refractivity contribution in [1.82, 2.24) is 9.88 Å². The molecule has 0 saturated carbocycles. The molecule has 0 spiro atoms. The summed E-state index contributed by atoms with van der Waals surface area (Å²) < 4.78 is 5.46. The van der Waals surface area contributed by atoms with Crippen molar-refractivity contribution in [2.45, 2.75) is 25.5 Å². The summed E-state index contributed by atoms with van der Waals surface area (Å²) in [6, 6.07) is 5.17. The monoisotopic (exact) mass is 254 g/mol. The van der Waals surface area contributed by atoms with Crippen LogP contribution in [0.1, 0.15) is 23.8 Å². The molecule has 2 unspecified atom stereocenters. The zero-order chi connectivity index (χ0) is 12.4. The van der Waals surface area contributed by atoms with Gasteiger partial charge >= 0.3 is 0 Å². The summed E-state index contributed by atoms with van der Waals surface area (Å²) >= 11 is 5.78. The van der Waals surface area contributed by atoms with Gasteiger partial charge in [-0.25, -0.2) is 4.98 Å². The largest absolute Gasteiger partial charge is 0.376 e. The molecule has 2 heterocycles. The maximum Gasteiger partial charge on any atom is 0.272 e. The van der Waals surface area contributed by atoms with Crippen LogP contribution in [0.4, 0.5) is 0 Å². The zero-order valence-electron chi connectivity index (χ0n) is 9.89. The summed E-state index contributed by atoms with van der Waals surface area (Å²) in [4.78, 5) is 17.9. The molecule has 1 amide bonds. The van der Waals surface area contributed by atoms with E-state index in [1.807, 2.05) is 6.92 Å². The van der Waals surface area contributed by atoms with Crippen LogP contribution in [-0.2, 0) is 4.74 Å². The lowest BCUT2D eigenvalue weighted by Gasteiger charge is -2.26. The third-order valence-electron chi connectivity index (χ3n) is 3.09. The third-order valence-corrected chi connectivity index (χ3v) is 3.30. The number of ether oxygens (including phenoxy) is 1. The van der Waals surface area contributed by atoms with Crippen molar-refractivity contribution in [1.29, 1.82) is 0 Å². The van der Waals surface area contributed by atoms with Gasteiger partial charge in [-0.2, -0.15) is 0 Å². The van der Waals surface area contributed by atoms with E-state index in [0.29, 0.717) is 17.5 Å². The van der Waals surface area contributed by atoms with E-state index in [1.54, 1.807) is 30.1 Å². The summed E-state index contributed by atoms with van der Waals surface area (Å²) in [5.41, 5.74) is 0.374. The molecular weight excluding hydrogens is 240 g/mol. The van der Waals surface area contributed by atoms with Crippen molar-refractivity contribution in [3.8, 4) is 0 Å². The van der Waals surface area contributed by atoms with Crippen LogP contribution in [-0.4, -0.2) is 41.6 Å². The van der Waals surface area contributed by atoms with Gasteiger partial charge in [-0.15, -0.1) is 0 Å². The molecule has 1 aromatic rings. The summed E-state index contributed by atoms with van der Waals surface area (Å²) in [5.74, 6) is -0.116. The van der Waals surface area contributed by atoms with Gasteiger partial charge in [-0.05, 0) is 25.5 Å². The fourth-order valence-corrected chi connectivity index (χ4v) is 2.25. The maximum atomic E-state index is 12.2. The molecular formula is C12H15ClN2O2. The van der Waals surface area contributed by atoms with E-state index in [0.717, 1.165) is 6.42 Å². The van der Waals surface area contributed by atoms with Crippen molar-refractivity contribution < 1.29 is 9.53 Å². The molecule has 92 valence electrons. The number of pyridine rings is 1. The predicted octanol–water partition coefficient (Wildman–Crippen LogP) is 1.98. The molecule has 1 fully saturated rings. The first-order valence-electron chi connectivity index (χ1n) is 5.61. The number of hydrogen-bond acceptors (Lipinski definition) is 3. The van der Waals surface area contributed by atoms with Crippen molar-refractivity contribution >= 4 is 17.5 Å². The molecule has 1 aliphatic heterocycles. The van der Waals surface area contributed by atoms with E-state index >= 15 is 0 Å². The van der Waals surface area contributed by atoms with E-state index in [1.165, 1.54) is 0 Å². The molecule has 0 aromatic carbocycles. The Balaban J connectivity index is 2.14. The Bertz CT molecular complexity index is 425. The predicted molar refractivity (Wildman–Crippen MR) is 65.2 cm³/mol. The fraction of sp³-hybridized carbons (Fsp3) is 0.500. The van der Waals surface area contributed by atoms with Gasteiger partial charge in [0.2, 0.25) is 0 Å². The summed E-state index contributed by atoms with van der Waals surface area (Å²) in [5, 5.41) is 0.333. The number of nitrogens with zero attached hydrogens (tertiary/aromatic N) is 2. The van der Waals surface area contributed by atoms with Crippen molar-refractivity contribution in [2.75, 3.05) is 13.7 Å². The molecule has 0 N–H and O–H groups in total. The molecule has 17 heavy (non-hydrogen) atoms. The molecule has 1 aromatic heterocycles. The molecule has 2 rings (SSSR count). The lowest BCUT2D eigenvalue weighted by atomic mass is 10.1. The van der Waals surface area contributed by atoms with Gasteiger partial charge in [0, 0.05) is 13.7 Å². The van der Waals surface area contributed by atoms with Gasteiger partial charge in [0.05, 0.1) is 12.1 Å². The van der Waals surface area contributed by atoms with Crippen LogP contribution in [0.25, 0.3) is 0 Å². The molecule has 2 atom stereocenters. The van der Waals surface area contributed by atoms with Crippen molar-refractivity contribution in [2.24, 2.45) is 0 Å². The number of amides is 1. The van der Waals surface area contributed by atoms with E-state index in [2.05, 4.69) is 4.98 Å². The Morgan fingerprint density at radius 2 is 2.35 bits per heavy atom. The van der Waals surface area contributed by atoms with E-state index in [4.69, 9.17) is 16.3 Å². The highest BCUT2D eigenvalue weighted by atomic mass is 35.5. The molecule has 0 aliphatic carbocycles. The minimum atomic E-state index is -0.116. The van der Waals surface area contributed by atoms with Gasteiger partial charge in [0.1, 0.15) is 10.8 Å². The second kappa shape index (κ2) is 5.02. The number of aromatic nitrogens is 1. The van der Waals surface area contributed by atoms with Gasteiger partial charge in [0.15, 0.2) is 0 Å². The Morgan fingerprint density at radius 3 is 2.94 bits per heavy atom. The number of likely N-dealkylation sites (N-methyl/N-ethyl adjacent to an activating group) is 1. The first kappa shape index (κ1) is 12.3. The van der Waals surface area contributed by atoms with Crippen LogP contribution >= 0.6 is 11.6 Å². The van der Waals surface area contributed by atoms with Gasteiger partial charge in [-0.1, -0.05) is 17.7 Å². The Labute approximate surface area is 106 Å². The maximum absolute atomic E-state index is 12.2. The van der Waals surface area contributed by atoms with E-state index < -0.39 is 0 Å². The van der Waals surface area contributed by atoms with Crippen LogP contribution in [0.15, 0.2) is 18.2 Å². The number of hydrogen-bond donors (Lipinski definition) is 0. The third kappa shape index (κ3) is 2.58.